The third-order valence-corrected chi connectivity index (χ3v) is 4.41. The van der Waals surface area contributed by atoms with Crippen LogP contribution in [-0.2, 0) is 0 Å². The zero-order valence-corrected chi connectivity index (χ0v) is 13.7. The average molecular weight is 352 g/mol. The van der Waals surface area contributed by atoms with Gasteiger partial charge in [-0.1, -0.05) is 30.0 Å². The van der Waals surface area contributed by atoms with Gasteiger partial charge < -0.3 is 14.4 Å². The zero-order chi connectivity index (χ0) is 17.2. The van der Waals surface area contributed by atoms with Crippen LogP contribution < -0.4 is 5.69 Å². The van der Waals surface area contributed by atoms with Gasteiger partial charge in [-0.25, -0.2) is 4.79 Å². The van der Waals surface area contributed by atoms with Crippen LogP contribution in [0.25, 0.3) is 22.5 Å². The first-order chi connectivity index (χ1) is 12.2. The molecular formula is C17H12N4O3S. The fourth-order valence-electron chi connectivity index (χ4n) is 2.38. The molecule has 0 radical (unpaired) electrons. The second-order valence-electron chi connectivity index (χ2n) is 5.29. The van der Waals surface area contributed by atoms with E-state index in [0.717, 1.165) is 5.56 Å². The van der Waals surface area contributed by atoms with Gasteiger partial charge in [0, 0.05) is 11.1 Å². The van der Waals surface area contributed by atoms with Crippen LogP contribution >= 0.6 is 11.8 Å². The minimum absolute atomic E-state index is 0.0894. The largest absolute Gasteiger partial charge is 0.411 e. The van der Waals surface area contributed by atoms with E-state index in [-0.39, 0.29) is 17.2 Å². The number of hydrogen-bond donors (Lipinski definition) is 2. The maximum absolute atomic E-state index is 12.3. The minimum atomic E-state index is -0.298. The van der Waals surface area contributed by atoms with E-state index in [2.05, 4.69) is 20.2 Å². The van der Waals surface area contributed by atoms with Crippen molar-refractivity contribution in [2.45, 2.75) is 5.22 Å². The third-order valence-electron chi connectivity index (χ3n) is 3.59. The second-order valence-corrected chi connectivity index (χ2v) is 6.22. The monoisotopic (exact) mass is 352 g/mol. The lowest BCUT2D eigenvalue weighted by atomic mass is 10.1. The molecule has 0 amide bonds. The molecule has 2 aromatic carbocycles. The number of thioether (sulfide) groups is 1. The Morgan fingerprint density at radius 3 is 2.68 bits per heavy atom. The van der Waals surface area contributed by atoms with Crippen LogP contribution in [0.5, 0.6) is 0 Å². The number of ketones is 1. The zero-order valence-electron chi connectivity index (χ0n) is 12.9. The van der Waals surface area contributed by atoms with Crippen molar-refractivity contribution in [3.8, 4) is 11.5 Å². The maximum atomic E-state index is 12.3. The Morgan fingerprint density at radius 1 is 1.04 bits per heavy atom. The lowest BCUT2D eigenvalue weighted by Gasteiger charge is -1.99. The molecule has 0 atom stereocenters. The summed E-state index contributed by atoms with van der Waals surface area (Å²) >= 11 is 1.18. The van der Waals surface area contributed by atoms with Gasteiger partial charge in [0.25, 0.3) is 5.22 Å². The van der Waals surface area contributed by atoms with Crippen molar-refractivity contribution in [2.75, 3.05) is 5.75 Å². The summed E-state index contributed by atoms with van der Waals surface area (Å²) in [6, 6.07) is 14.5. The number of aromatic amines is 2. The van der Waals surface area contributed by atoms with Gasteiger partial charge in [-0.15, -0.1) is 10.2 Å². The second kappa shape index (κ2) is 6.40. The van der Waals surface area contributed by atoms with Crippen molar-refractivity contribution in [1.29, 1.82) is 0 Å². The number of nitrogens with one attached hydrogen (secondary N) is 2. The SMILES string of the molecule is O=C(CSc1nnc(-c2ccccc2)o1)c1ccc2[nH]c(=O)[nH]c2c1. The molecule has 124 valence electrons. The first-order valence-corrected chi connectivity index (χ1v) is 8.44. The Labute approximate surface area is 145 Å². The Balaban J connectivity index is 1.46. The molecule has 0 fully saturated rings. The summed E-state index contributed by atoms with van der Waals surface area (Å²) in [5.74, 6) is 0.492. The van der Waals surface area contributed by atoms with Crippen molar-refractivity contribution in [2.24, 2.45) is 0 Å². The quantitative estimate of drug-likeness (QED) is 0.423. The van der Waals surface area contributed by atoms with E-state index in [1.165, 1.54) is 11.8 Å². The molecule has 0 saturated carbocycles. The number of H-pyrrole nitrogens is 2. The molecule has 0 spiro atoms. The van der Waals surface area contributed by atoms with Crippen LogP contribution in [-0.4, -0.2) is 31.7 Å². The van der Waals surface area contributed by atoms with Crippen LogP contribution in [0, 0.1) is 0 Å². The van der Waals surface area contributed by atoms with E-state index in [1.807, 2.05) is 30.3 Å². The Hall–Kier alpha value is -3.13. The molecule has 2 N–H and O–H groups in total. The molecule has 4 aromatic rings. The molecular weight excluding hydrogens is 340 g/mol. The number of carbonyl (C=O) groups is 1. The number of nitrogens with zero attached hydrogens (tertiary/aromatic N) is 2. The average Bonchev–Trinajstić information content (AvgIpc) is 3.25. The van der Waals surface area contributed by atoms with Gasteiger partial charge in [-0.05, 0) is 30.3 Å². The van der Waals surface area contributed by atoms with Crippen molar-refractivity contribution in [1.82, 2.24) is 20.2 Å². The van der Waals surface area contributed by atoms with E-state index < -0.39 is 0 Å². The molecule has 0 bridgehead atoms. The van der Waals surface area contributed by atoms with Crippen molar-refractivity contribution in [3.63, 3.8) is 0 Å². The van der Waals surface area contributed by atoms with Crippen LogP contribution in [0.4, 0.5) is 0 Å². The Bertz CT molecular complexity index is 1100. The Morgan fingerprint density at radius 2 is 1.84 bits per heavy atom. The highest BCUT2D eigenvalue weighted by Crippen LogP contribution is 2.23. The van der Waals surface area contributed by atoms with E-state index in [4.69, 9.17) is 4.42 Å². The van der Waals surface area contributed by atoms with Crippen molar-refractivity contribution in [3.05, 3.63) is 64.6 Å². The van der Waals surface area contributed by atoms with E-state index in [1.54, 1.807) is 18.2 Å². The first kappa shape index (κ1) is 15.4. The highest BCUT2D eigenvalue weighted by Gasteiger charge is 2.13. The number of hydrogen-bond acceptors (Lipinski definition) is 6. The smallest absolute Gasteiger partial charge is 0.323 e. The third kappa shape index (κ3) is 3.24. The van der Waals surface area contributed by atoms with Gasteiger partial charge in [0.1, 0.15) is 0 Å². The number of Topliss-reactive ketones (excluding diaryl/α,β-unsaturated/α-hetero) is 1. The van der Waals surface area contributed by atoms with Gasteiger partial charge in [0.2, 0.25) is 5.89 Å². The molecule has 4 rings (SSSR count). The predicted octanol–water partition coefficient (Wildman–Crippen LogP) is 2.88. The van der Waals surface area contributed by atoms with Crippen LogP contribution in [0.2, 0.25) is 0 Å². The van der Waals surface area contributed by atoms with Crippen LogP contribution in [0.3, 0.4) is 0 Å². The summed E-state index contributed by atoms with van der Waals surface area (Å²) in [6.45, 7) is 0. The standard InChI is InChI=1S/C17H12N4O3S/c22-14(11-6-7-12-13(8-11)19-16(23)18-12)9-25-17-21-20-15(24-17)10-4-2-1-3-5-10/h1-8H,9H2,(H2,18,19,23). The lowest BCUT2D eigenvalue weighted by molar-refractivity contribution is 0.102. The number of aromatic nitrogens is 4. The molecule has 0 aliphatic heterocycles. The Kier molecular flexibility index (Phi) is 3.95. The summed E-state index contributed by atoms with van der Waals surface area (Å²) in [5.41, 5.74) is 2.31. The fourth-order valence-corrected chi connectivity index (χ4v) is 3.04. The highest BCUT2D eigenvalue weighted by atomic mass is 32.2. The minimum Gasteiger partial charge on any atom is -0.411 e. The number of benzene rings is 2. The molecule has 2 heterocycles. The number of imidazole rings is 1. The van der Waals surface area contributed by atoms with Gasteiger partial charge in [-0.2, -0.15) is 0 Å². The van der Waals surface area contributed by atoms with Gasteiger partial charge in [0.15, 0.2) is 5.78 Å². The van der Waals surface area contributed by atoms with Crippen LogP contribution in [0.15, 0.2) is 63.0 Å². The normalized spacial score (nSPS) is 11.0. The van der Waals surface area contributed by atoms with E-state index in [9.17, 15) is 9.59 Å². The predicted molar refractivity (Wildman–Crippen MR) is 93.7 cm³/mol. The van der Waals surface area contributed by atoms with Gasteiger partial charge in [-0.3, -0.25) is 4.79 Å². The first-order valence-electron chi connectivity index (χ1n) is 7.46. The van der Waals surface area contributed by atoms with E-state index in [0.29, 0.717) is 27.7 Å². The fraction of sp³-hybridized carbons (Fsp3) is 0.0588. The van der Waals surface area contributed by atoms with Gasteiger partial charge in [0.05, 0.1) is 16.8 Å². The lowest BCUT2D eigenvalue weighted by Crippen LogP contribution is -2.02. The van der Waals surface area contributed by atoms with E-state index >= 15 is 0 Å². The number of rotatable bonds is 5. The van der Waals surface area contributed by atoms with Crippen LogP contribution in [0.1, 0.15) is 10.4 Å². The summed E-state index contributed by atoms with van der Waals surface area (Å²) in [5, 5.41) is 8.28. The summed E-state index contributed by atoms with van der Waals surface area (Å²) in [7, 11) is 0. The van der Waals surface area contributed by atoms with Crippen molar-refractivity contribution >= 4 is 28.6 Å². The summed E-state index contributed by atoms with van der Waals surface area (Å²) in [6.07, 6.45) is 0. The number of carbonyl (C=O) groups excluding carboxylic acids is 1. The molecule has 8 heteroatoms. The van der Waals surface area contributed by atoms with Crippen molar-refractivity contribution < 1.29 is 9.21 Å². The molecule has 7 nitrogen and oxygen atoms in total. The molecule has 0 aliphatic carbocycles. The number of fused-ring (bicyclic) bond motifs is 1. The topological polar surface area (TPSA) is 105 Å². The summed E-state index contributed by atoms with van der Waals surface area (Å²) in [4.78, 5) is 28.9. The molecule has 2 aromatic heterocycles. The van der Waals surface area contributed by atoms with Gasteiger partial charge >= 0.3 is 5.69 Å². The summed E-state index contributed by atoms with van der Waals surface area (Å²) < 4.78 is 5.57. The maximum Gasteiger partial charge on any atom is 0.323 e. The molecule has 0 unspecified atom stereocenters. The molecule has 0 saturated heterocycles. The molecule has 0 aliphatic rings. The molecule has 25 heavy (non-hydrogen) atoms. The highest BCUT2D eigenvalue weighted by molar-refractivity contribution is 7.99.